The summed E-state index contributed by atoms with van der Waals surface area (Å²) in [5, 5.41) is 2.85. The summed E-state index contributed by atoms with van der Waals surface area (Å²) >= 11 is 0. The number of methoxy groups -OCH3 is 1. The summed E-state index contributed by atoms with van der Waals surface area (Å²) in [6.07, 6.45) is 3.90. The van der Waals surface area contributed by atoms with Gasteiger partial charge in [0, 0.05) is 7.05 Å². The minimum absolute atomic E-state index is 0.126. The lowest BCUT2D eigenvalue weighted by molar-refractivity contribution is -0.152. The van der Waals surface area contributed by atoms with Crippen LogP contribution in [0.1, 0.15) is 32.1 Å². The summed E-state index contributed by atoms with van der Waals surface area (Å²) < 4.78 is 7.86. The summed E-state index contributed by atoms with van der Waals surface area (Å²) in [5.41, 5.74) is 0.229. The first-order chi connectivity index (χ1) is 12.0. The molecule has 1 N–H and O–H groups in total. The number of hydrogen-bond donors (Lipinski definition) is 1. The van der Waals surface area contributed by atoms with Gasteiger partial charge in [0.25, 0.3) is 0 Å². The number of carbonyl (C=O) groups excluding carboxylic acids is 2. The molecule has 3 rings (SSSR count). The highest BCUT2D eigenvalue weighted by molar-refractivity contribution is 5.88. The Balaban J connectivity index is 1.86. The molecule has 1 aliphatic carbocycles. The van der Waals surface area contributed by atoms with E-state index in [1.807, 2.05) is 18.2 Å². The molecule has 1 aromatic heterocycles. The summed E-state index contributed by atoms with van der Waals surface area (Å²) in [5.74, 6) is -0.767. The van der Waals surface area contributed by atoms with Crippen LogP contribution in [0.4, 0.5) is 0 Å². The Morgan fingerprint density at radius 1 is 1.16 bits per heavy atom. The van der Waals surface area contributed by atoms with Crippen LogP contribution < -0.4 is 11.0 Å². The molecule has 1 fully saturated rings. The standard InChI is InChI=1S/C18H23N3O4/c1-20-13-8-4-5-9-14(13)21(17(20)24)12-15(22)19-18(16(23)25-2)10-6-3-7-11-18/h4-5,8-9H,3,6-7,10-12H2,1-2H3,(H,19,22). The minimum atomic E-state index is -0.974. The highest BCUT2D eigenvalue weighted by atomic mass is 16.5. The van der Waals surface area contributed by atoms with Gasteiger partial charge in [0.15, 0.2) is 0 Å². The Hall–Kier alpha value is -2.57. The van der Waals surface area contributed by atoms with Gasteiger partial charge in [0.2, 0.25) is 5.91 Å². The summed E-state index contributed by atoms with van der Waals surface area (Å²) in [4.78, 5) is 37.3. The highest BCUT2D eigenvalue weighted by Gasteiger charge is 2.42. The van der Waals surface area contributed by atoms with E-state index in [0.717, 1.165) is 24.8 Å². The average molecular weight is 345 g/mol. The van der Waals surface area contributed by atoms with Crippen molar-refractivity contribution in [2.75, 3.05) is 7.11 Å². The molecule has 0 bridgehead atoms. The predicted molar refractivity (Wildman–Crippen MR) is 93.2 cm³/mol. The van der Waals surface area contributed by atoms with Gasteiger partial charge in [-0.15, -0.1) is 0 Å². The second-order valence-corrected chi connectivity index (χ2v) is 6.60. The van der Waals surface area contributed by atoms with Crippen molar-refractivity contribution in [3.8, 4) is 0 Å². The first-order valence-electron chi connectivity index (χ1n) is 8.52. The number of imidazole rings is 1. The fraction of sp³-hybridized carbons (Fsp3) is 0.500. The summed E-state index contributed by atoms with van der Waals surface area (Å²) in [6.45, 7) is -0.126. The Labute approximate surface area is 145 Å². The lowest BCUT2D eigenvalue weighted by atomic mass is 9.81. The van der Waals surface area contributed by atoms with Gasteiger partial charge in [0.1, 0.15) is 12.1 Å². The van der Waals surface area contributed by atoms with Crippen molar-refractivity contribution in [2.45, 2.75) is 44.2 Å². The highest BCUT2D eigenvalue weighted by Crippen LogP contribution is 2.29. The zero-order chi connectivity index (χ0) is 18.0. The van der Waals surface area contributed by atoms with Crippen molar-refractivity contribution >= 4 is 22.9 Å². The molecular formula is C18H23N3O4. The number of rotatable bonds is 4. The molecule has 1 heterocycles. The molecule has 0 spiro atoms. The first-order valence-corrected chi connectivity index (χ1v) is 8.52. The lowest BCUT2D eigenvalue weighted by Gasteiger charge is -2.35. The van der Waals surface area contributed by atoms with Crippen LogP contribution in [-0.2, 0) is 27.9 Å². The second-order valence-electron chi connectivity index (χ2n) is 6.60. The maximum atomic E-state index is 12.6. The second kappa shape index (κ2) is 6.74. The van der Waals surface area contributed by atoms with Crippen LogP contribution >= 0.6 is 0 Å². The lowest BCUT2D eigenvalue weighted by Crippen LogP contribution is -2.57. The first kappa shape index (κ1) is 17.3. The maximum Gasteiger partial charge on any atom is 0.331 e. The van der Waals surface area contributed by atoms with Crippen LogP contribution in [0.15, 0.2) is 29.1 Å². The largest absolute Gasteiger partial charge is 0.467 e. The van der Waals surface area contributed by atoms with E-state index < -0.39 is 11.5 Å². The third-order valence-electron chi connectivity index (χ3n) is 5.02. The Kier molecular flexibility index (Phi) is 4.65. The molecule has 0 aliphatic heterocycles. The van der Waals surface area contributed by atoms with Crippen molar-refractivity contribution in [1.29, 1.82) is 0 Å². The molecule has 1 aromatic carbocycles. The van der Waals surface area contributed by atoms with Gasteiger partial charge in [-0.1, -0.05) is 31.4 Å². The quantitative estimate of drug-likeness (QED) is 0.848. The number of carbonyl (C=O) groups is 2. The van der Waals surface area contributed by atoms with Gasteiger partial charge in [-0.3, -0.25) is 13.9 Å². The molecule has 0 saturated heterocycles. The number of nitrogens with one attached hydrogen (secondary N) is 1. The molecule has 1 amide bonds. The number of aromatic nitrogens is 2. The summed E-state index contributed by atoms with van der Waals surface area (Å²) in [6, 6.07) is 7.32. The van der Waals surface area contributed by atoms with Crippen LogP contribution in [0.3, 0.4) is 0 Å². The van der Waals surface area contributed by atoms with Crippen molar-refractivity contribution < 1.29 is 14.3 Å². The molecule has 0 unspecified atom stereocenters. The van der Waals surface area contributed by atoms with E-state index in [1.54, 1.807) is 13.1 Å². The van der Waals surface area contributed by atoms with Crippen molar-refractivity contribution in [1.82, 2.24) is 14.5 Å². The van der Waals surface area contributed by atoms with Crippen LogP contribution in [0, 0.1) is 0 Å². The number of aryl methyl sites for hydroxylation is 1. The van der Waals surface area contributed by atoms with Crippen molar-refractivity contribution in [3.05, 3.63) is 34.7 Å². The fourth-order valence-electron chi connectivity index (χ4n) is 3.70. The number of esters is 1. The van der Waals surface area contributed by atoms with E-state index in [0.29, 0.717) is 18.4 Å². The van der Waals surface area contributed by atoms with Gasteiger partial charge >= 0.3 is 11.7 Å². The van der Waals surface area contributed by atoms with Crippen LogP contribution in [0.25, 0.3) is 11.0 Å². The van der Waals surface area contributed by atoms with E-state index in [4.69, 9.17) is 4.74 Å². The zero-order valence-corrected chi connectivity index (χ0v) is 14.6. The molecule has 25 heavy (non-hydrogen) atoms. The van der Waals surface area contributed by atoms with Gasteiger partial charge in [0.05, 0.1) is 18.1 Å². The van der Waals surface area contributed by atoms with E-state index >= 15 is 0 Å². The molecule has 7 nitrogen and oxygen atoms in total. The molecule has 134 valence electrons. The molecule has 0 atom stereocenters. The van der Waals surface area contributed by atoms with E-state index in [9.17, 15) is 14.4 Å². The van der Waals surface area contributed by atoms with Crippen LogP contribution in [-0.4, -0.2) is 33.7 Å². The molecular weight excluding hydrogens is 322 g/mol. The van der Waals surface area contributed by atoms with Gasteiger partial charge in [-0.05, 0) is 25.0 Å². The van der Waals surface area contributed by atoms with Crippen molar-refractivity contribution in [3.63, 3.8) is 0 Å². The van der Waals surface area contributed by atoms with Crippen LogP contribution in [0.2, 0.25) is 0 Å². The van der Waals surface area contributed by atoms with Gasteiger partial charge in [-0.25, -0.2) is 9.59 Å². The maximum absolute atomic E-state index is 12.6. The smallest absolute Gasteiger partial charge is 0.331 e. The van der Waals surface area contributed by atoms with Crippen LogP contribution in [0.5, 0.6) is 0 Å². The third kappa shape index (κ3) is 3.06. The zero-order valence-electron chi connectivity index (χ0n) is 14.6. The Bertz CT molecular complexity index is 859. The molecule has 0 radical (unpaired) electrons. The predicted octanol–water partition coefficient (Wildman–Crippen LogP) is 1.33. The normalized spacial score (nSPS) is 16.6. The van der Waals surface area contributed by atoms with E-state index in [2.05, 4.69) is 5.32 Å². The number of ether oxygens (including phenoxy) is 1. The SMILES string of the molecule is COC(=O)C1(NC(=O)Cn2c(=O)n(C)c3ccccc32)CCCCC1. The van der Waals surface area contributed by atoms with Crippen molar-refractivity contribution in [2.24, 2.45) is 7.05 Å². The third-order valence-corrected chi connectivity index (χ3v) is 5.02. The Morgan fingerprint density at radius 3 is 2.44 bits per heavy atom. The van der Waals surface area contributed by atoms with Gasteiger partial charge in [-0.2, -0.15) is 0 Å². The van der Waals surface area contributed by atoms with Gasteiger partial charge < -0.3 is 10.1 Å². The number of para-hydroxylation sites is 2. The Morgan fingerprint density at radius 2 is 1.80 bits per heavy atom. The average Bonchev–Trinajstić information content (AvgIpc) is 2.87. The number of fused-ring (bicyclic) bond motifs is 1. The fourth-order valence-corrected chi connectivity index (χ4v) is 3.70. The van der Waals surface area contributed by atoms with E-state index in [1.165, 1.54) is 16.2 Å². The molecule has 1 aliphatic rings. The summed E-state index contributed by atoms with van der Waals surface area (Å²) in [7, 11) is 3.01. The van der Waals surface area contributed by atoms with E-state index in [-0.39, 0.29) is 18.1 Å². The number of nitrogens with zero attached hydrogens (tertiary/aromatic N) is 2. The molecule has 1 saturated carbocycles. The number of benzene rings is 1. The molecule has 7 heteroatoms. The minimum Gasteiger partial charge on any atom is -0.467 e. The topological polar surface area (TPSA) is 82.3 Å². The monoisotopic (exact) mass is 345 g/mol. The molecule has 2 aromatic rings. The number of hydrogen-bond acceptors (Lipinski definition) is 4. The number of amides is 1.